The number of nitrogens with one attached hydrogen (secondary N) is 2. The van der Waals surface area contributed by atoms with E-state index in [1.165, 1.54) is 6.92 Å². The third-order valence-corrected chi connectivity index (χ3v) is 4.50. The van der Waals surface area contributed by atoms with Crippen LogP contribution in [0.4, 0.5) is 5.69 Å². The zero-order valence-electron chi connectivity index (χ0n) is 14.1. The van der Waals surface area contributed by atoms with E-state index in [0.717, 1.165) is 44.5 Å². The molecular formula is C21H18N2O2. The minimum absolute atomic E-state index is 0.00465. The third-order valence-electron chi connectivity index (χ3n) is 4.50. The molecule has 0 unspecified atom stereocenters. The molecule has 0 saturated heterocycles. The van der Waals surface area contributed by atoms with Crippen molar-refractivity contribution in [1.82, 2.24) is 4.98 Å². The van der Waals surface area contributed by atoms with Gasteiger partial charge in [-0.1, -0.05) is 23.8 Å². The number of aryl methyl sites for hydroxylation is 1. The molecule has 25 heavy (non-hydrogen) atoms. The topological polar surface area (TPSA) is 62.0 Å². The lowest BCUT2D eigenvalue weighted by Gasteiger charge is -2.08. The molecule has 2 heterocycles. The molecule has 124 valence electrons. The van der Waals surface area contributed by atoms with E-state index in [-0.39, 0.29) is 11.7 Å². The lowest BCUT2D eigenvalue weighted by Crippen LogP contribution is -2.12. The van der Waals surface area contributed by atoms with E-state index in [9.17, 15) is 9.59 Å². The molecule has 2 N–H and O–H groups in total. The SMILES string of the molecule is CC(=O)C=Cc1ccc2c(c1)-c1[nH]c3ccc(C)cc3c1CC(=O)N2. The van der Waals surface area contributed by atoms with E-state index in [4.69, 9.17) is 0 Å². The number of ketones is 1. The number of amides is 1. The number of carbonyl (C=O) groups excluding carboxylic acids is 2. The summed E-state index contributed by atoms with van der Waals surface area (Å²) in [5, 5.41) is 4.06. The second-order valence-electron chi connectivity index (χ2n) is 6.50. The zero-order valence-corrected chi connectivity index (χ0v) is 14.1. The van der Waals surface area contributed by atoms with Gasteiger partial charge in [-0.3, -0.25) is 9.59 Å². The summed E-state index contributed by atoms with van der Waals surface area (Å²) in [5.41, 5.74) is 6.83. The number of hydrogen-bond acceptors (Lipinski definition) is 2. The molecule has 0 spiro atoms. The molecule has 0 radical (unpaired) electrons. The van der Waals surface area contributed by atoms with Crippen molar-refractivity contribution in [2.45, 2.75) is 20.3 Å². The Balaban J connectivity index is 1.96. The average molecular weight is 330 g/mol. The highest BCUT2D eigenvalue weighted by Gasteiger charge is 2.22. The first-order chi connectivity index (χ1) is 12.0. The summed E-state index contributed by atoms with van der Waals surface area (Å²) < 4.78 is 0. The maximum Gasteiger partial charge on any atom is 0.228 e. The van der Waals surface area contributed by atoms with Gasteiger partial charge in [0.15, 0.2) is 5.78 Å². The minimum Gasteiger partial charge on any atom is -0.354 e. The zero-order chi connectivity index (χ0) is 17.6. The van der Waals surface area contributed by atoms with Gasteiger partial charge in [-0.2, -0.15) is 0 Å². The maximum absolute atomic E-state index is 12.4. The van der Waals surface area contributed by atoms with Gasteiger partial charge >= 0.3 is 0 Å². The van der Waals surface area contributed by atoms with Gasteiger partial charge in [0.05, 0.1) is 17.8 Å². The van der Waals surface area contributed by atoms with Crippen molar-refractivity contribution in [2.24, 2.45) is 0 Å². The Bertz CT molecular complexity index is 1060. The molecule has 0 saturated carbocycles. The molecule has 4 nitrogen and oxygen atoms in total. The number of H-pyrrole nitrogens is 1. The Morgan fingerprint density at radius 1 is 1.16 bits per heavy atom. The summed E-state index contributed by atoms with van der Waals surface area (Å²) >= 11 is 0. The number of rotatable bonds is 2. The standard InChI is InChI=1S/C21H18N2O2/c1-12-3-7-18-15(9-12)16-11-20(25)22-19-8-6-14(5-4-13(2)24)10-17(19)21(16)23-18/h3-10,23H,11H2,1-2H3,(H,22,25). The largest absolute Gasteiger partial charge is 0.354 e. The quantitative estimate of drug-likeness (QED) is 0.690. The fourth-order valence-corrected chi connectivity index (χ4v) is 3.32. The first-order valence-corrected chi connectivity index (χ1v) is 8.25. The van der Waals surface area contributed by atoms with E-state index in [0.29, 0.717) is 6.42 Å². The molecule has 1 amide bonds. The Kier molecular flexibility index (Phi) is 3.53. The molecule has 1 aromatic heterocycles. The van der Waals surface area contributed by atoms with Crippen molar-refractivity contribution in [2.75, 3.05) is 5.32 Å². The predicted molar refractivity (Wildman–Crippen MR) is 101 cm³/mol. The molecule has 1 aliphatic rings. The van der Waals surface area contributed by atoms with Gasteiger partial charge in [-0.15, -0.1) is 0 Å². The van der Waals surface area contributed by atoms with Gasteiger partial charge in [0.25, 0.3) is 0 Å². The molecule has 4 heteroatoms. The first kappa shape index (κ1) is 15.4. The minimum atomic E-state index is -0.0190. The van der Waals surface area contributed by atoms with E-state index in [1.807, 2.05) is 25.1 Å². The van der Waals surface area contributed by atoms with Crippen molar-refractivity contribution in [1.29, 1.82) is 0 Å². The monoisotopic (exact) mass is 330 g/mol. The van der Waals surface area contributed by atoms with E-state index in [2.05, 4.69) is 28.5 Å². The highest BCUT2D eigenvalue weighted by molar-refractivity contribution is 6.05. The molecule has 1 aliphatic heterocycles. The maximum atomic E-state index is 12.4. The van der Waals surface area contributed by atoms with E-state index < -0.39 is 0 Å². The number of benzene rings is 2. The molecule has 3 aromatic rings. The Morgan fingerprint density at radius 2 is 2.00 bits per heavy atom. The lowest BCUT2D eigenvalue weighted by molar-refractivity contribution is -0.115. The van der Waals surface area contributed by atoms with Crippen LogP contribution in [0.2, 0.25) is 0 Å². The summed E-state index contributed by atoms with van der Waals surface area (Å²) in [6.45, 7) is 3.58. The van der Waals surface area contributed by atoms with Gasteiger partial charge in [0.2, 0.25) is 5.91 Å². The Hall–Kier alpha value is -3.14. The predicted octanol–water partition coefficient (Wildman–Crippen LogP) is 4.24. The van der Waals surface area contributed by atoms with Gasteiger partial charge < -0.3 is 10.3 Å². The Labute approximate surface area is 145 Å². The smallest absolute Gasteiger partial charge is 0.228 e. The van der Waals surface area contributed by atoms with Crippen LogP contribution >= 0.6 is 0 Å². The third kappa shape index (κ3) is 2.76. The van der Waals surface area contributed by atoms with Crippen LogP contribution in [0.15, 0.2) is 42.5 Å². The highest BCUT2D eigenvalue weighted by Crippen LogP contribution is 2.38. The summed E-state index contributed by atoms with van der Waals surface area (Å²) in [6, 6.07) is 12.0. The van der Waals surface area contributed by atoms with Gasteiger partial charge in [0, 0.05) is 16.5 Å². The molecule has 4 rings (SSSR count). The number of allylic oxidation sites excluding steroid dienone is 1. The number of carbonyl (C=O) groups is 2. The van der Waals surface area contributed by atoms with Crippen LogP contribution in [-0.2, 0) is 16.0 Å². The van der Waals surface area contributed by atoms with Crippen LogP contribution in [0.1, 0.15) is 23.6 Å². The molecule has 0 bridgehead atoms. The highest BCUT2D eigenvalue weighted by atomic mass is 16.1. The number of fused-ring (bicyclic) bond motifs is 5. The summed E-state index contributed by atoms with van der Waals surface area (Å²) in [7, 11) is 0. The van der Waals surface area contributed by atoms with Crippen molar-refractivity contribution in [3.05, 3.63) is 59.2 Å². The van der Waals surface area contributed by atoms with E-state index >= 15 is 0 Å². The van der Waals surface area contributed by atoms with Crippen LogP contribution in [-0.4, -0.2) is 16.7 Å². The summed E-state index contributed by atoms with van der Waals surface area (Å²) in [6.07, 6.45) is 3.68. The molecule has 0 atom stereocenters. The number of hydrogen-bond donors (Lipinski definition) is 2. The van der Waals surface area contributed by atoms with Crippen LogP contribution in [0.5, 0.6) is 0 Å². The summed E-state index contributed by atoms with van der Waals surface area (Å²) in [4.78, 5) is 27.0. The molecule has 0 fully saturated rings. The van der Waals surface area contributed by atoms with Crippen LogP contribution in [0, 0.1) is 6.92 Å². The molecule has 2 aromatic carbocycles. The van der Waals surface area contributed by atoms with Crippen molar-refractivity contribution < 1.29 is 9.59 Å². The van der Waals surface area contributed by atoms with Gasteiger partial charge in [0.1, 0.15) is 0 Å². The fraction of sp³-hybridized carbons (Fsp3) is 0.143. The number of aromatic amines is 1. The Morgan fingerprint density at radius 3 is 2.80 bits per heavy atom. The van der Waals surface area contributed by atoms with Crippen LogP contribution < -0.4 is 5.32 Å². The summed E-state index contributed by atoms with van der Waals surface area (Å²) in [5.74, 6) is -0.0144. The second kappa shape index (κ2) is 5.74. The first-order valence-electron chi connectivity index (χ1n) is 8.25. The van der Waals surface area contributed by atoms with Gasteiger partial charge in [-0.25, -0.2) is 0 Å². The number of anilines is 1. The van der Waals surface area contributed by atoms with Crippen LogP contribution in [0.25, 0.3) is 28.2 Å². The van der Waals surface area contributed by atoms with Crippen molar-refractivity contribution in [3.8, 4) is 11.3 Å². The average Bonchev–Trinajstić information content (AvgIpc) is 2.84. The molecular weight excluding hydrogens is 312 g/mol. The normalized spacial score (nSPS) is 13.4. The van der Waals surface area contributed by atoms with Crippen LogP contribution in [0.3, 0.4) is 0 Å². The lowest BCUT2D eigenvalue weighted by atomic mass is 10.0. The van der Waals surface area contributed by atoms with Crippen molar-refractivity contribution in [3.63, 3.8) is 0 Å². The second-order valence-corrected chi connectivity index (χ2v) is 6.50. The van der Waals surface area contributed by atoms with Gasteiger partial charge in [-0.05, 0) is 55.3 Å². The molecule has 0 aliphatic carbocycles. The fourth-order valence-electron chi connectivity index (χ4n) is 3.32. The van der Waals surface area contributed by atoms with E-state index in [1.54, 1.807) is 12.2 Å². The van der Waals surface area contributed by atoms with Crippen molar-refractivity contribution >= 4 is 34.4 Å². The number of aromatic nitrogens is 1.